The minimum atomic E-state index is -0.124. The van der Waals surface area contributed by atoms with Crippen molar-refractivity contribution in [3.63, 3.8) is 0 Å². The van der Waals surface area contributed by atoms with Crippen molar-refractivity contribution >= 4 is 28.6 Å². The summed E-state index contributed by atoms with van der Waals surface area (Å²) in [5, 5.41) is 3.06. The summed E-state index contributed by atoms with van der Waals surface area (Å²) >= 11 is 0. The summed E-state index contributed by atoms with van der Waals surface area (Å²) in [7, 11) is 0. The number of hydrogen-bond donors (Lipinski definition) is 3. The molecule has 1 amide bonds. The maximum atomic E-state index is 12.4. The number of nitrogen functional groups attached to an aromatic ring is 1. The SMILES string of the molecule is Nc1ncc(N2CC[C@H](NC(=O)c3cccnc3)C2)nc1-c1nc2ccccc2[nH]1.[HH].[HH].[HH]. The number of anilines is 2. The number of aromatic nitrogens is 5. The van der Waals surface area contributed by atoms with E-state index in [0.717, 1.165) is 24.0 Å². The first kappa shape index (κ1) is 18.0. The van der Waals surface area contributed by atoms with Crippen LogP contribution in [0.15, 0.2) is 55.0 Å². The quantitative estimate of drug-likeness (QED) is 0.476. The van der Waals surface area contributed by atoms with E-state index in [4.69, 9.17) is 10.7 Å². The van der Waals surface area contributed by atoms with Crippen LogP contribution in [-0.2, 0) is 0 Å². The molecule has 0 saturated carbocycles. The van der Waals surface area contributed by atoms with Crippen LogP contribution in [0.4, 0.5) is 11.6 Å². The summed E-state index contributed by atoms with van der Waals surface area (Å²) in [5.41, 5.74) is 8.92. The summed E-state index contributed by atoms with van der Waals surface area (Å²) in [6.07, 6.45) is 5.69. The van der Waals surface area contributed by atoms with Crippen molar-refractivity contribution in [1.29, 1.82) is 0 Å². The monoisotopic (exact) mass is 406 g/mol. The number of benzene rings is 1. The van der Waals surface area contributed by atoms with Gasteiger partial charge in [-0.1, -0.05) is 12.1 Å². The predicted octanol–water partition coefficient (Wildman–Crippen LogP) is 2.74. The number of nitrogens with two attached hydrogens (primary N) is 1. The first-order valence-electron chi connectivity index (χ1n) is 9.71. The van der Waals surface area contributed by atoms with Gasteiger partial charge < -0.3 is 20.9 Å². The number of H-pyrrole nitrogens is 1. The van der Waals surface area contributed by atoms with Gasteiger partial charge in [0.2, 0.25) is 0 Å². The van der Waals surface area contributed by atoms with Crippen LogP contribution in [0.2, 0.25) is 0 Å². The summed E-state index contributed by atoms with van der Waals surface area (Å²) < 4.78 is 0. The Bertz CT molecular complexity index is 1190. The molecule has 0 bridgehead atoms. The Morgan fingerprint density at radius 2 is 2.10 bits per heavy atom. The second-order valence-electron chi connectivity index (χ2n) is 7.21. The zero-order chi connectivity index (χ0) is 20.5. The van der Waals surface area contributed by atoms with Crippen LogP contribution < -0.4 is 16.0 Å². The molecular formula is C21H26N8O. The molecule has 9 nitrogen and oxygen atoms in total. The molecule has 5 rings (SSSR count). The first-order chi connectivity index (χ1) is 14.7. The second-order valence-corrected chi connectivity index (χ2v) is 7.21. The fourth-order valence-corrected chi connectivity index (χ4v) is 3.63. The van der Waals surface area contributed by atoms with Crippen molar-refractivity contribution in [3.8, 4) is 11.5 Å². The lowest BCUT2D eigenvalue weighted by Gasteiger charge is -2.18. The maximum Gasteiger partial charge on any atom is 0.253 e. The topological polar surface area (TPSA) is 126 Å². The van der Waals surface area contributed by atoms with Gasteiger partial charge in [-0.15, -0.1) is 0 Å². The number of carbonyl (C=O) groups excluding carboxylic acids is 1. The van der Waals surface area contributed by atoms with E-state index < -0.39 is 0 Å². The number of carbonyl (C=O) groups is 1. The molecule has 4 aromatic rings. The number of amides is 1. The number of nitrogens with one attached hydrogen (secondary N) is 2. The summed E-state index contributed by atoms with van der Waals surface area (Å²) in [6, 6.07) is 11.3. The molecule has 1 aromatic carbocycles. The van der Waals surface area contributed by atoms with E-state index in [0.29, 0.717) is 35.3 Å². The van der Waals surface area contributed by atoms with Gasteiger partial charge >= 0.3 is 0 Å². The number of hydrogen-bond acceptors (Lipinski definition) is 7. The third kappa shape index (κ3) is 3.41. The van der Waals surface area contributed by atoms with E-state index >= 15 is 0 Å². The van der Waals surface area contributed by atoms with Crippen LogP contribution in [0, 0.1) is 0 Å². The van der Waals surface area contributed by atoms with Crippen LogP contribution in [0.1, 0.15) is 21.1 Å². The summed E-state index contributed by atoms with van der Waals surface area (Å²) in [4.78, 5) is 35.3. The van der Waals surface area contributed by atoms with Crippen molar-refractivity contribution in [1.82, 2.24) is 30.2 Å². The van der Waals surface area contributed by atoms with E-state index in [2.05, 4.69) is 30.2 Å². The van der Waals surface area contributed by atoms with Crippen molar-refractivity contribution in [2.75, 3.05) is 23.7 Å². The van der Waals surface area contributed by atoms with Crippen molar-refractivity contribution in [3.05, 3.63) is 60.6 Å². The van der Waals surface area contributed by atoms with E-state index in [-0.39, 0.29) is 16.2 Å². The molecule has 1 fully saturated rings. The normalized spacial score (nSPS) is 16.1. The van der Waals surface area contributed by atoms with Crippen LogP contribution in [0.3, 0.4) is 0 Å². The zero-order valence-electron chi connectivity index (χ0n) is 16.1. The van der Waals surface area contributed by atoms with Gasteiger partial charge in [0, 0.05) is 35.8 Å². The first-order valence-corrected chi connectivity index (χ1v) is 9.71. The number of pyridine rings is 1. The fraction of sp³-hybridized carbons (Fsp3) is 0.190. The number of fused-ring (bicyclic) bond motifs is 1. The Labute approximate surface area is 176 Å². The van der Waals surface area contributed by atoms with Gasteiger partial charge in [-0.3, -0.25) is 9.78 Å². The van der Waals surface area contributed by atoms with Crippen LogP contribution >= 0.6 is 0 Å². The third-order valence-corrected chi connectivity index (χ3v) is 5.17. The summed E-state index contributed by atoms with van der Waals surface area (Å²) in [5.74, 6) is 1.49. The number of para-hydroxylation sites is 2. The van der Waals surface area contributed by atoms with E-state index in [1.165, 1.54) is 0 Å². The molecule has 156 valence electrons. The molecular weight excluding hydrogens is 380 g/mol. The Kier molecular flexibility index (Phi) is 4.47. The number of imidazole rings is 1. The highest BCUT2D eigenvalue weighted by Crippen LogP contribution is 2.26. The highest BCUT2D eigenvalue weighted by atomic mass is 16.1. The van der Waals surface area contributed by atoms with Gasteiger partial charge in [-0.2, -0.15) is 0 Å². The number of nitrogens with zero attached hydrogens (tertiary/aromatic N) is 5. The van der Waals surface area contributed by atoms with Gasteiger partial charge in [0.15, 0.2) is 17.3 Å². The number of aromatic amines is 1. The molecule has 0 unspecified atom stereocenters. The van der Waals surface area contributed by atoms with Crippen molar-refractivity contribution in [2.24, 2.45) is 0 Å². The van der Waals surface area contributed by atoms with E-state index in [1.54, 1.807) is 30.7 Å². The molecule has 0 spiro atoms. The fourth-order valence-electron chi connectivity index (χ4n) is 3.63. The lowest BCUT2D eigenvalue weighted by molar-refractivity contribution is 0.0940. The van der Waals surface area contributed by atoms with Gasteiger partial charge in [0.1, 0.15) is 5.82 Å². The minimum Gasteiger partial charge on any atom is -0.382 e. The largest absolute Gasteiger partial charge is 0.382 e. The van der Waals surface area contributed by atoms with E-state index in [1.807, 2.05) is 24.3 Å². The van der Waals surface area contributed by atoms with Gasteiger partial charge in [0.25, 0.3) is 5.91 Å². The highest BCUT2D eigenvalue weighted by molar-refractivity contribution is 5.94. The average Bonchev–Trinajstić information content (AvgIpc) is 3.41. The maximum absolute atomic E-state index is 12.4. The Balaban J connectivity index is 0.00000128. The molecule has 1 aliphatic rings. The molecule has 4 heterocycles. The van der Waals surface area contributed by atoms with Crippen LogP contribution in [0.5, 0.6) is 0 Å². The lowest BCUT2D eigenvalue weighted by Crippen LogP contribution is -2.37. The molecule has 9 heteroatoms. The average molecular weight is 406 g/mol. The van der Waals surface area contributed by atoms with Gasteiger partial charge in [0.05, 0.1) is 22.8 Å². The van der Waals surface area contributed by atoms with E-state index in [9.17, 15) is 4.79 Å². The van der Waals surface area contributed by atoms with Gasteiger partial charge in [-0.25, -0.2) is 15.0 Å². The molecule has 0 aliphatic carbocycles. The number of rotatable bonds is 4. The summed E-state index contributed by atoms with van der Waals surface area (Å²) in [6.45, 7) is 1.40. The molecule has 1 atom stereocenters. The Morgan fingerprint density at radius 1 is 1.20 bits per heavy atom. The molecule has 3 aromatic heterocycles. The standard InChI is InChI=1S/C21H20N8O.3H2/c22-19-18(20-26-15-5-1-2-6-16(15)27-20)28-17(11-24-19)29-9-7-14(12-29)25-21(30)13-4-3-8-23-10-13;;;/h1-6,8,10-11,14H,7,9,12H2,(H2,22,24)(H,25,30)(H,26,27);3*1H/t14-;;;/m0.../s1. The predicted molar refractivity (Wildman–Crippen MR) is 120 cm³/mol. The van der Waals surface area contributed by atoms with Crippen molar-refractivity contribution in [2.45, 2.75) is 12.5 Å². The third-order valence-electron chi connectivity index (χ3n) is 5.17. The second kappa shape index (κ2) is 7.43. The zero-order valence-corrected chi connectivity index (χ0v) is 16.1. The van der Waals surface area contributed by atoms with Crippen molar-refractivity contribution < 1.29 is 9.07 Å². The van der Waals surface area contributed by atoms with Crippen LogP contribution in [0.25, 0.3) is 22.6 Å². The Hall–Kier alpha value is -4.01. The highest BCUT2D eigenvalue weighted by Gasteiger charge is 2.26. The smallest absolute Gasteiger partial charge is 0.253 e. The molecule has 0 radical (unpaired) electrons. The van der Waals surface area contributed by atoms with Gasteiger partial charge in [-0.05, 0) is 30.7 Å². The molecule has 1 aliphatic heterocycles. The molecule has 4 N–H and O–H groups in total. The van der Waals surface area contributed by atoms with Crippen LogP contribution in [-0.4, -0.2) is 50.0 Å². The Morgan fingerprint density at radius 3 is 2.93 bits per heavy atom. The lowest BCUT2D eigenvalue weighted by atomic mass is 10.2. The molecule has 30 heavy (non-hydrogen) atoms. The molecule has 1 saturated heterocycles. The minimum absolute atomic E-state index is 0.